The molecule has 1 aliphatic rings. The number of carbonyl (C=O) groups is 1. The molecule has 1 saturated carbocycles. The highest BCUT2D eigenvalue weighted by Crippen LogP contribution is 2.14. The molecule has 0 amide bonds. The third-order valence-corrected chi connectivity index (χ3v) is 1.66. The van der Waals surface area contributed by atoms with Gasteiger partial charge >= 0.3 is 0 Å². The van der Waals surface area contributed by atoms with Gasteiger partial charge in [-0.1, -0.05) is 25.3 Å². The van der Waals surface area contributed by atoms with Crippen molar-refractivity contribution in [2.45, 2.75) is 19.3 Å². The first-order chi connectivity index (χ1) is 7.38. The molecule has 0 radical (unpaired) electrons. The Morgan fingerprint density at radius 2 is 1.93 bits per heavy atom. The minimum atomic E-state index is -0.250. The minimum Gasteiger partial charge on any atom is -0.483 e. The minimum absolute atomic E-state index is 0.250. The molecular weight excluding hydrogens is 192 g/mol. The number of pyridine rings is 1. The van der Waals surface area contributed by atoms with E-state index in [0.717, 1.165) is 5.65 Å². The number of rotatable bonds is 0. The maximum atomic E-state index is 8.36. The Kier molecular flexibility index (Phi) is 4.94. The Morgan fingerprint density at radius 3 is 2.47 bits per heavy atom. The van der Waals surface area contributed by atoms with E-state index in [1.54, 1.807) is 6.20 Å². The Balaban J connectivity index is 0.000000156. The number of fused-ring (bicyclic) bond motifs is 1. The summed E-state index contributed by atoms with van der Waals surface area (Å²) in [5.41, 5.74) is 0.998. The molecule has 0 bridgehead atoms. The zero-order valence-corrected chi connectivity index (χ0v) is 8.41. The molecule has 2 aromatic rings. The van der Waals surface area contributed by atoms with Crippen molar-refractivity contribution in [2.75, 3.05) is 0 Å². The van der Waals surface area contributed by atoms with Crippen molar-refractivity contribution in [1.82, 2.24) is 9.38 Å². The maximum Gasteiger partial charge on any atom is 0.290 e. The first kappa shape index (κ1) is 11.2. The quantitative estimate of drug-likeness (QED) is 0.672. The average molecular weight is 206 g/mol. The molecule has 3 rings (SSSR count). The highest BCUT2D eigenvalue weighted by Gasteiger charge is 1.95. The number of nitrogens with zero attached hydrogens (tertiary/aromatic N) is 2. The zero-order valence-electron chi connectivity index (χ0n) is 8.41. The van der Waals surface area contributed by atoms with Gasteiger partial charge in [-0.05, 0) is 12.1 Å². The normalized spacial score (nSPS) is 11.7. The lowest BCUT2D eigenvalue weighted by atomic mass is 10.5. The van der Waals surface area contributed by atoms with Crippen LogP contribution in [0.2, 0.25) is 0 Å². The molecule has 0 saturated heterocycles. The van der Waals surface area contributed by atoms with Crippen LogP contribution in [-0.2, 0) is 4.79 Å². The second kappa shape index (κ2) is 6.59. The Labute approximate surface area is 88.2 Å². The van der Waals surface area contributed by atoms with E-state index in [9.17, 15) is 0 Å². The van der Waals surface area contributed by atoms with Crippen LogP contribution in [0.25, 0.3) is 5.65 Å². The smallest absolute Gasteiger partial charge is 0.290 e. The fraction of sp³-hybridized carbons (Fsp3) is 0.273. The van der Waals surface area contributed by atoms with Gasteiger partial charge in [0, 0.05) is 18.6 Å². The Morgan fingerprint density at radius 1 is 1.27 bits per heavy atom. The summed E-state index contributed by atoms with van der Waals surface area (Å²) >= 11 is 0. The van der Waals surface area contributed by atoms with E-state index >= 15 is 0 Å². The van der Waals surface area contributed by atoms with Crippen LogP contribution in [0.1, 0.15) is 19.3 Å². The molecule has 4 nitrogen and oxygen atoms in total. The molecule has 80 valence electrons. The fourth-order valence-corrected chi connectivity index (χ4v) is 0.864. The molecule has 2 heterocycles. The molecule has 0 aliphatic heterocycles. The van der Waals surface area contributed by atoms with E-state index in [1.807, 2.05) is 35.0 Å². The van der Waals surface area contributed by atoms with Gasteiger partial charge in [0.15, 0.2) is 0 Å². The largest absolute Gasteiger partial charge is 0.483 e. The SMILES string of the molecule is C1CC1.O=CO.c1ccn2ccnc2c1. The average Bonchev–Trinajstić information content (AvgIpc) is 3.05. The summed E-state index contributed by atoms with van der Waals surface area (Å²) in [5, 5.41) is 6.89. The lowest BCUT2D eigenvalue weighted by Crippen LogP contribution is -1.77. The van der Waals surface area contributed by atoms with Crippen LogP contribution >= 0.6 is 0 Å². The third-order valence-electron chi connectivity index (χ3n) is 1.66. The number of hydrogen-bond donors (Lipinski definition) is 1. The standard InChI is InChI=1S/C7H6N2.C3H6.CH2O2/c1-2-5-9-6-4-8-7(9)3-1;1-2-3-1;2-1-3/h1-6H;1-3H2;1H,(H,2,3). The van der Waals surface area contributed by atoms with Gasteiger partial charge in [-0.15, -0.1) is 0 Å². The molecule has 0 aromatic carbocycles. The summed E-state index contributed by atoms with van der Waals surface area (Å²) in [6.45, 7) is -0.250. The molecule has 0 atom stereocenters. The van der Waals surface area contributed by atoms with E-state index in [-0.39, 0.29) is 6.47 Å². The van der Waals surface area contributed by atoms with Crippen molar-refractivity contribution in [3.05, 3.63) is 36.8 Å². The summed E-state index contributed by atoms with van der Waals surface area (Å²) in [7, 11) is 0. The van der Waals surface area contributed by atoms with Crippen LogP contribution in [0, 0.1) is 0 Å². The summed E-state index contributed by atoms with van der Waals surface area (Å²) in [4.78, 5) is 12.4. The molecule has 1 fully saturated rings. The lowest BCUT2D eigenvalue weighted by Gasteiger charge is -1.86. The topological polar surface area (TPSA) is 54.6 Å². The summed E-state index contributed by atoms with van der Waals surface area (Å²) in [6.07, 6.45) is 10.2. The third kappa shape index (κ3) is 4.81. The highest BCUT2D eigenvalue weighted by molar-refractivity contribution is 5.36. The van der Waals surface area contributed by atoms with E-state index < -0.39 is 0 Å². The molecule has 0 spiro atoms. The first-order valence-electron chi connectivity index (χ1n) is 4.84. The monoisotopic (exact) mass is 206 g/mol. The van der Waals surface area contributed by atoms with Crippen molar-refractivity contribution in [2.24, 2.45) is 0 Å². The number of carboxylic acid groups (broad SMARTS) is 1. The van der Waals surface area contributed by atoms with Crippen LogP contribution in [0.4, 0.5) is 0 Å². The Hall–Kier alpha value is -1.84. The van der Waals surface area contributed by atoms with Crippen molar-refractivity contribution in [1.29, 1.82) is 0 Å². The molecule has 2 aromatic heterocycles. The van der Waals surface area contributed by atoms with Gasteiger partial charge in [0.1, 0.15) is 5.65 Å². The van der Waals surface area contributed by atoms with Crippen molar-refractivity contribution < 1.29 is 9.90 Å². The maximum absolute atomic E-state index is 8.36. The fourth-order valence-electron chi connectivity index (χ4n) is 0.864. The summed E-state index contributed by atoms with van der Waals surface area (Å²) in [5.74, 6) is 0. The van der Waals surface area contributed by atoms with Gasteiger partial charge in [0.2, 0.25) is 0 Å². The molecule has 15 heavy (non-hydrogen) atoms. The second-order valence-corrected chi connectivity index (χ2v) is 3.06. The van der Waals surface area contributed by atoms with Crippen LogP contribution < -0.4 is 0 Å². The Bertz CT molecular complexity index is 363. The van der Waals surface area contributed by atoms with E-state index in [0.29, 0.717) is 0 Å². The molecular formula is C11H14N2O2. The molecule has 1 aliphatic carbocycles. The van der Waals surface area contributed by atoms with E-state index in [2.05, 4.69) is 4.98 Å². The van der Waals surface area contributed by atoms with Crippen molar-refractivity contribution in [3.63, 3.8) is 0 Å². The predicted molar refractivity (Wildman–Crippen MR) is 57.7 cm³/mol. The predicted octanol–water partition coefficient (Wildman–Crippen LogP) is 2.21. The highest BCUT2D eigenvalue weighted by atomic mass is 16.3. The number of aromatic nitrogens is 2. The molecule has 0 unspecified atom stereocenters. The van der Waals surface area contributed by atoms with Gasteiger partial charge in [-0.2, -0.15) is 0 Å². The van der Waals surface area contributed by atoms with Crippen LogP contribution in [0.5, 0.6) is 0 Å². The summed E-state index contributed by atoms with van der Waals surface area (Å²) < 4.78 is 1.97. The van der Waals surface area contributed by atoms with Gasteiger partial charge in [-0.3, -0.25) is 4.79 Å². The van der Waals surface area contributed by atoms with Crippen LogP contribution in [0.15, 0.2) is 36.8 Å². The number of hydrogen-bond acceptors (Lipinski definition) is 2. The van der Waals surface area contributed by atoms with Gasteiger partial charge in [-0.25, -0.2) is 4.98 Å². The summed E-state index contributed by atoms with van der Waals surface area (Å²) in [6, 6.07) is 5.93. The van der Waals surface area contributed by atoms with Crippen LogP contribution in [0.3, 0.4) is 0 Å². The van der Waals surface area contributed by atoms with Gasteiger partial charge in [0.05, 0.1) is 0 Å². The van der Waals surface area contributed by atoms with Gasteiger partial charge < -0.3 is 9.51 Å². The van der Waals surface area contributed by atoms with E-state index in [1.165, 1.54) is 19.3 Å². The second-order valence-electron chi connectivity index (χ2n) is 3.06. The van der Waals surface area contributed by atoms with Crippen LogP contribution in [-0.4, -0.2) is 21.0 Å². The lowest BCUT2D eigenvalue weighted by molar-refractivity contribution is -0.122. The molecule has 1 N–H and O–H groups in total. The molecule has 4 heteroatoms. The first-order valence-corrected chi connectivity index (χ1v) is 4.84. The number of imidazole rings is 1. The van der Waals surface area contributed by atoms with Crippen molar-refractivity contribution >= 4 is 12.1 Å². The zero-order chi connectivity index (χ0) is 10.9. The van der Waals surface area contributed by atoms with E-state index in [4.69, 9.17) is 9.90 Å². The van der Waals surface area contributed by atoms with Crippen molar-refractivity contribution in [3.8, 4) is 0 Å². The van der Waals surface area contributed by atoms with Gasteiger partial charge in [0.25, 0.3) is 6.47 Å².